The van der Waals surface area contributed by atoms with Crippen molar-refractivity contribution in [2.75, 3.05) is 60.7 Å². The molecule has 1 saturated heterocycles. The lowest BCUT2D eigenvalue weighted by Gasteiger charge is -2.35. The highest BCUT2D eigenvalue weighted by Gasteiger charge is 2.21. The van der Waals surface area contributed by atoms with Gasteiger partial charge < -0.3 is 34.1 Å². The predicted molar refractivity (Wildman–Crippen MR) is 144 cm³/mol. The second kappa shape index (κ2) is 15.7. The molecule has 0 spiro atoms. The summed E-state index contributed by atoms with van der Waals surface area (Å²) in [5, 5.41) is 14.8. The third-order valence-electron chi connectivity index (χ3n) is 6.28. The largest absolute Gasteiger partial charge is 0.493 e. The number of carbonyl (C=O) groups is 2. The second-order valence-electron chi connectivity index (χ2n) is 9.05. The monoisotopic (exact) mass is 532 g/mol. The molecule has 0 bridgehead atoms. The van der Waals surface area contributed by atoms with Crippen LogP contribution in [0, 0.1) is 13.8 Å². The van der Waals surface area contributed by atoms with E-state index in [4.69, 9.17) is 38.7 Å². The number of nitrogens with zero attached hydrogens (tertiary/aromatic N) is 2. The van der Waals surface area contributed by atoms with E-state index in [0.29, 0.717) is 11.5 Å². The molecule has 1 fully saturated rings. The number of rotatable bonds is 11. The summed E-state index contributed by atoms with van der Waals surface area (Å²) in [6, 6.07) is 10.4. The fraction of sp³-hybridized carbons (Fsp3) is 0.500. The molecular weight excluding hydrogens is 492 g/mol. The van der Waals surface area contributed by atoms with Gasteiger partial charge in [-0.3, -0.25) is 4.90 Å². The highest BCUT2D eigenvalue weighted by atomic mass is 16.5. The number of unbranched alkanes of at least 4 members (excludes halogenated alkanes) is 1. The van der Waals surface area contributed by atoms with Crippen molar-refractivity contribution < 1.29 is 38.7 Å². The number of hydrogen-bond acceptors (Lipinski definition) is 8. The van der Waals surface area contributed by atoms with Crippen LogP contribution >= 0.6 is 0 Å². The first-order valence-electron chi connectivity index (χ1n) is 12.6. The van der Waals surface area contributed by atoms with E-state index in [9.17, 15) is 0 Å². The molecule has 10 heteroatoms. The molecule has 0 amide bonds. The van der Waals surface area contributed by atoms with Gasteiger partial charge in [0.05, 0.1) is 27.9 Å². The van der Waals surface area contributed by atoms with E-state index in [-0.39, 0.29) is 0 Å². The standard InChI is InChI=1S/C26H38N2O4.C2H2O4/c1-20-8-10-23(21(2)18-20)32-17-7-6-12-27-13-15-28(16-14-27)19-22-9-11-24(29-3)26(31-5)25(22)30-4;3-1(4)2(5)6/h8-11,18H,6-7,12-17,19H2,1-5H3;(H,3,4)(H,5,6). The van der Waals surface area contributed by atoms with Crippen LogP contribution in [0.4, 0.5) is 0 Å². The first-order chi connectivity index (χ1) is 18.2. The summed E-state index contributed by atoms with van der Waals surface area (Å²) in [6.45, 7) is 11.3. The summed E-state index contributed by atoms with van der Waals surface area (Å²) in [4.78, 5) is 23.2. The Morgan fingerprint density at radius 3 is 1.95 bits per heavy atom. The number of hydrogen-bond donors (Lipinski definition) is 2. The van der Waals surface area contributed by atoms with Gasteiger partial charge in [0.15, 0.2) is 11.5 Å². The fourth-order valence-electron chi connectivity index (χ4n) is 4.28. The van der Waals surface area contributed by atoms with Crippen molar-refractivity contribution in [1.82, 2.24) is 9.80 Å². The summed E-state index contributed by atoms with van der Waals surface area (Å²) in [5.74, 6) is -0.522. The minimum atomic E-state index is -1.82. The molecule has 0 aliphatic carbocycles. The maximum atomic E-state index is 9.10. The third-order valence-corrected chi connectivity index (χ3v) is 6.28. The Kier molecular flexibility index (Phi) is 12.7. The van der Waals surface area contributed by atoms with Gasteiger partial charge in [-0.1, -0.05) is 23.8 Å². The van der Waals surface area contributed by atoms with Crippen LogP contribution in [0.3, 0.4) is 0 Å². The molecule has 1 heterocycles. The zero-order valence-electron chi connectivity index (χ0n) is 23.0. The molecular formula is C28H40N2O8. The topological polar surface area (TPSA) is 118 Å². The average Bonchev–Trinajstić information content (AvgIpc) is 2.90. The molecule has 0 unspecified atom stereocenters. The van der Waals surface area contributed by atoms with Gasteiger partial charge in [-0.2, -0.15) is 0 Å². The van der Waals surface area contributed by atoms with Gasteiger partial charge in [0.25, 0.3) is 0 Å². The lowest BCUT2D eigenvalue weighted by Crippen LogP contribution is -2.46. The van der Waals surface area contributed by atoms with Crippen LogP contribution in [0.2, 0.25) is 0 Å². The Morgan fingerprint density at radius 2 is 1.39 bits per heavy atom. The zero-order valence-corrected chi connectivity index (χ0v) is 23.0. The summed E-state index contributed by atoms with van der Waals surface area (Å²) in [6.07, 6.45) is 2.24. The van der Waals surface area contributed by atoms with Crippen LogP contribution in [0.25, 0.3) is 0 Å². The molecule has 3 rings (SSSR count). The van der Waals surface area contributed by atoms with E-state index in [2.05, 4.69) is 47.9 Å². The molecule has 38 heavy (non-hydrogen) atoms. The average molecular weight is 533 g/mol. The molecule has 0 atom stereocenters. The SMILES string of the molecule is COc1ccc(CN2CCN(CCCCOc3ccc(C)cc3C)CC2)c(OC)c1OC.O=C(O)C(=O)O. The smallest absolute Gasteiger partial charge is 0.414 e. The fourth-order valence-corrected chi connectivity index (χ4v) is 4.28. The normalized spacial score (nSPS) is 13.7. The third kappa shape index (κ3) is 9.42. The van der Waals surface area contributed by atoms with Crippen molar-refractivity contribution in [2.45, 2.75) is 33.2 Å². The van der Waals surface area contributed by atoms with E-state index < -0.39 is 11.9 Å². The van der Waals surface area contributed by atoms with Crippen molar-refractivity contribution in [3.63, 3.8) is 0 Å². The first kappa shape index (κ1) is 30.7. The molecule has 0 saturated carbocycles. The van der Waals surface area contributed by atoms with Gasteiger partial charge in [0, 0.05) is 38.3 Å². The number of ether oxygens (including phenoxy) is 4. The summed E-state index contributed by atoms with van der Waals surface area (Å²) >= 11 is 0. The highest BCUT2D eigenvalue weighted by Crippen LogP contribution is 2.40. The number of carboxylic acids is 2. The number of aliphatic carboxylic acids is 2. The van der Waals surface area contributed by atoms with E-state index in [1.807, 2.05) is 6.07 Å². The van der Waals surface area contributed by atoms with E-state index in [1.165, 1.54) is 11.1 Å². The maximum Gasteiger partial charge on any atom is 0.414 e. The van der Waals surface area contributed by atoms with Gasteiger partial charge >= 0.3 is 11.9 Å². The number of piperazine rings is 1. The number of carboxylic acid groups (broad SMARTS) is 2. The van der Waals surface area contributed by atoms with E-state index >= 15 is 0 Å². The molecule has 2 aromatic carbocycles. The van der Waals surface area contributed by atoms with Crippen molar-refractivity contribution in [3.05, 3.63) is 47.0 Å². The van der Waals surface area contributed by atoms with Crippen molar-refractivity contribution in [1.29, 1.82) is 0 Å². The van der Waals surface area contributed by atoms with Gasteiger partial charge in [0.2, 0.25) is 5.75 Å². The Balaban J connectivity index is 0.000000757. The second-order valence-corrected chi connectivity index (χ2v) is 9.05. The number of benzene rings is 2. The van der Waals surface area contributed by atoms with Crippen LogP contribution in [0.1, 0.15) is 29.5 Å². The molecule has 1 aliphatic rings. The Hall–Kier alpha value is -3.50. The Morgan fingerprint density at radius 1 is 0.789 bits per heavy atom. The molecule has 0 aromatic heterocycles. The maximum absolute atomic E-state index is 9.10. The number of aryl methyl sites for hydroxylation is 2. The highest BCUT2D eigenvalue weighted by molar-refractivity contribution is 6.27. The van der Waals surface area contributed by atoms with Crippen molar-refractivity contribution in [2.24, 2.45) is 0 Å². The lowest BCUT2D eigenvalue weighted by molar-refractivity contribution is -0.159. The summed E-state index contributed by atoms with van der Waals surface area (Å²) in [7, 11) is 4.98. The van der Waals surface area contributed by atoms with Crippen LogP contribution < -0.4 is 18.9 Å². The molecule has 210 valence electrons. The summed E-state index contributed by atoms with van der Waals surface area (Å²) in [5.41, 5.74) is 3.62. The van der Waals surface area contributed by atoms with E-state index in [0.717, 1.165) is 75.8 Å². The van der Waals surface area contributed by atoms with Gasteiger partial charge in [-0.25, -0.2) is 9.59 Å². The Labute approximate surface area is 224 Å². The number of methoxy groups -OCH3 is 3. The van der Waals surface area contributed by atoms with Crippen LogP contribution in [-0.4, -0.2) is 92.6 Å². The molecule has 2 N–H and O–H groups in total. The summed E-state index contributed by atoms with van der Waals surface area (Å²) < 4.78 is 22.5. The van der Waals surface area contributed by atoms with Gasteiger partial charge in [-0.15, -0.1) is 0 Å². The molecule has 0 radical (unpaired) electrons. The van der Waals surface area contributed by atoms with Crippen molar-refractivity contribution >= 4 is 11.9 Å². The first-order valence-corrected chi connectivity index (χ1v) is 12.6. The van der Waals surface area contributed by atoms with Crippen LogP contribution in [0.5, 0.6) is 23.0 Å². The lowest BCUT2D eigenvalue weighted by atomic mass is 10.1. The van der Waals surface area contributed by atoms with Gasteiger partial charge in [0.1, 0.15) is 5.75 Å². The van der Waals surface area contributed by atoms with E-state index in [1.54, 1.807) is 21.3 Å². The minimum Gasteiger partial charge on any atom is -0.493 e. The Bertz CT molecular complexity index is 1040. The van der Waals surface area contributed by atoms with Crippen LogP contribution in [-0.2, 0) is 16.1 Å². The van der Waals surface area contributed by atoms with Gasteiger partial charge in [-0.05, 0) is 50.9 Å². The van der Waals surface area contributed by atoms with Crippen molar-refractivity contribution in [3.8, 4) is 23.0 Å². The zero-order chi connectivity index (χ0) is 28.1. The predicted octanol–water partition coefficient (Wildman–Crippen LogP) is 3.46. The minimum absolute atomic E-state index is 0.661. The molecule has 10 nitrogen and oxygen atoms in total. The molecule has 1 aliphatic heterocycles. The van der Waals surface area contributed by atoms with Crippen LogP contribution in [0.15, 0.2) is 30.3 Å². The molecule has 2 aromatic rings. The quantitative estimate of drug-likeness (QED) is 0.329.